The highest BCUT2D eigenvalue weighted by Crippen LogP contribution is 2.40. The summed E-state index contributed by atoms with van der Waals surface area (Å²) in [6.07, 6.45) is -0.739. The van der Waals surface area contributed by atoms with E-state index in [9.17, 15) is 14.4 Å². The second-order valence-corrected chi connectivity index (χ2v) is 7.58. The van der Waals surface area contributed by atoms with Gasteiger partial charge in [-0.2, -0.15) is 5.10 Å². The van der Waals surface area contributed by atoms with Gasteiger partial charge in [-0.25, -0.2) is 9.69 Å². The summed E-state index contributed by atoms with van der Waals surface area (Å²) in [6, 6.07) is 13.4. The highest BCUT2D eigenvalue weighted by Gasteiger charge is 2.34. The molecule has 0 bridgehead atoms. The van der Waals surface area contributed by atoms with Gasteiger partial charge in [0.1, 0.15) is 5.69 Å². The van der Waals surface area contributed by atoms with Gasteiger partial charge in [0.05, 0.1) is 39.6 Å². The SMILES string of the molecule is COc1cc(-c2cc(C(=O)NC(CN3C(=O)COC3=O)c3ccccc3)[nH]n2)cc(OC)c1OC. The molecule has 1 aromatic heterocycles. The Hall–Kier alpha value is -4.54. The van der Waals surface area contributed by atoms with E-state index in [4.69, 9.17) is 18.9 Å². The Balaban J connectivity index is 1.58. The maximum Gasteiger partial charge on any atom is 0.417 e. The van der Waals surface area contributed by atoms with Crippen LogP contribution < -0.4 is 19.5 Å². The number of nitrogens with zero attached hydrogens (tertiary/aromatic N) is 2. The number of carbonyl (C=O) groups excluding carboxylic acids is 3. The normalized spacial score (nSPS) is 13.9. The van der Waals surface area contributed by atoms with Crippen LogP contribution in [0, 0.1) is 0 Å². The minimum absolute atomic E-state index is 0.0682. The van der Waals surface area contributed by atoms with Crippen LogP contribution in [0.15, 0.2) is 48.5 Å². The summed E-state index contributed by atoms with van der Waals surface area (Å²) < 4.78 is 20.9. The average Bonchev–Trinajstić information content (AvgIpc) is 3.50. The lowest BCUT2D eigenvalue weighted by Gasteiger charge is -2.22. The van der Waals surface area contributed by atoms with Gasteiger partial charge in [-0.1, -0.05) is 30.3 Å². The summed E-state index contributed by atoms with van der Waals surface area (Å²) in [5.74, 6) is 0.402. The first-order valence-corrected chi connectivity index (χ1v) is 10.6. The fraction of sp³-hybridized carbons (Fsp3) is 0.250. The van der Waals surface area contributed by atoms with Crippen LogP contribution in [0.1, 0.15) is 22.1 Å². The van der Waals surface area contributed by atoms with Crippen molar-refractivity contribution in [2.24, 2.45) is 0 Å². The van der Waals surface area contributed by atoms with E-state index in [0.29, 0.717) is 28.5 Å². The number of hydrogen-bond donors (Lipinski definition) is 2. The highest BCUT2D eigenvalue weighted by molar-refractivity contribution is 5.98. The molecule has 0 aliphatic carbocycles. The molecule has 0 spiro atoms. The van der Waals surface area contributed by atoms with E-state index < -0.39 is 23.9 Å². The Morgan fingerprint density at radius 1 is 1.09 bits per heavy atom. The number of aromatic amines is 1. The smallest absolute Gasteiger partial charge is 0.417 e. The molecular formula is C24H24N4O7. The number of nitrogens with one attached hydrogen (secondary N) is 2. The third-order valence-electron chi connectivity index (χ3n) is 5.50. The summed E-state index contributed by atoms with van der Waals surface area (Å²) >= 11 is 0. The molecule has 1 unspecified atom stereocenters. The highest BCUT2D eigenvalue weighted by atomic mass is 16.6. The molecule has 11 heteroatoms. The molecule has 182 valence electrons. The maximum absolute atomic E-state index is 13.1. The van der Waals surface area contributed by atoms with E-state index in [2.05, 4.69) is 15.5 Å². The molecule has 35 heavy (non-hydrogen) atoms. The summed E-state index contributed by atoms with van der Waals surface area (Å²) in [4.78, 5) is 38.0. The molecule has 4 rings (SSSR count). The van der Waals surface area contributed by atoms with Crippen LogP contribution in [0.5, 0.6) is 17.2 Å². The first-order chi connectivity index (χ1) is 16.9. The molecular weight excluding hydrogens is 456 g/mol. The van der Waals surface area contributed by atoms with Gasteiger partial charge in [0.15, 0.2) is 18.1 Å². The molecule has 1 saturated heterocycles. The van der Waals surface area contributed by atoms with Crippen LogP contribution in [0.4, 0.5) is 4.79 Å². The molecule has 0 saturated carbocycles. The third-order valence-corrected chi connectivity index (χ3v) is 5.50. The minimum Gasteiger partial charge on any atom is -0.493 e. The zero-order valence-electron chi connectivity index (χ0n) is 19.4. The molecule has 1 aliphatic heterocycles. The van der Waals surface area contributed by atoms with Crippen molar-refractivity contribution in [3.63, 3.8) is 0 Å². The van der Waals surface area contributed by atoms with Crippen molar-refractivity contribution >= 4 is 17.9 Å². The second kappa shape index (κ2) is 10.2. The Kier molecular flexibility index (Phi) is 6.86. The van der Waals surface area contributed by atoms with Crippen LogP contribution >= 0.6 is 0 Å². The molecule has 2 N–H and O–H groups in total. The van der Waals surface area contributed by atoms with Gasteiger partial charge in [0, 0.05) is 5.56 Å². The van der Waals surface area contributed by atoms with Crippen LogP contribution in [-0.2, 0) is 9.53 Å². The topological polar surface area (TPSA) is 132 Å². The fourth-order valence-electron chi connectivity index (χ4n) is 3.71. The lowest BCUT2D eigenvalue weighted by molar-refractivity contribution is -0.126. The lowest BCUT2D eigenvalue weighted by atomic mass is 10.1. The van der Waals surface area contributed by atoms with Gasteiger partial charge in [-0.15, -0.1) is 0 Å². The van der Waals surface area contributed by atoms with E-state index in [1.54, 1.807) is 42.5 Å². The molecule has 1 atom stereocenters. The first kappa shape index (κ1) is 23.6. The largest absolute Gasteiger partial charge is 0.493 e. The van der Waals surface area contributed by atoms with Crippen LogP contribution in [0.2, 0.25) is 0 Å². The lowest BCUT2D eigenvalue weighted by Crippen LogP contribution is -2.40. The number of imide groups is 1. The number of aromatic nitrogens is 2. The number of rotatable bonds is 9. The van der Waals surface area contributed by atoms with Gasteiger partial charge in [-0.05, 0) is 23.8 Å². The Morgan fingerprint density at radius 2 is 1.77 bits per heavy atom. The zero-order chi connectivity index (χ0) is 24.9. The predicted octanol–water partition coefficient (Wildman–Crippen LogP) is 2.55. The third kappa shape index (κ3) is 4.88. The van der Waals surface area contributed by atoms with Crippen molar-refractivity contribution < 1.29 is 33.3 Å². The molecule has 3 aromatic rings. The van der Waals surface area contributed by atoms with Crippen molar-refractivity contribution in [2.45, 2.75) is 6.04 Å². The van der Waals surface area contributed by atoms with E-state index in [1.807, 2.05) is 6.07 Å². The summed E-state index contributed by atoms with van der Waals surface area (Å²) in [7, 11) is 4.53. The molecule has 2 aromatic carbocycles. The van der Waals surface area contributed by atoms with Crippen molar-refractivity contribution in [2.75, 3.05) is 34.5 Å². The van der Waals surface area contributed by atoms with E-state index in [-0.39, 0.29) is 18.8 Å². The predicted molar refractivity (Wildman–Crippen MR) is 123 cm³/mol. The quantitative estimate of drug-likeness (QED) is 0.478. The Bertz CT molecular complexity index is 1200. The molecule has 3 amide bonds. The molecule has 1 fully saturated rings. The van der Waals surface area contributed by atoms with Crippen LogP contribution in [0.3, 0.4) is 0 Å². The molecule has 2 heterocycles. The van der Waals surface area contributed by atoms with Gasteiger partial charge < -0.3 is 24.3 Å². The molecule has 11 nitrogen and oxygen atoms in total. The number of hydrogen-bond acceptors (Lipinski definition) is 8. The number of H-pyrrole nitrogens is 1. The van der Waals surface area contributed by atoms with Gasteiger partial charge >= 0.3 is 6.09 Å². The Labute approximate surface area is 200 Å². The number of amides is 3. The van der Waals surface area contributed by atoms with Gasteiger partial charge in [-0.3, -0.25) is 14.7 Å². The number of cyclic esters (lactones) is 1. The van der Waals surface area contributed by atoms with E-state index >= 15 is 0 Å². The number of ether oxygens (including phenoxy) is 4. The Morgan fingerprint density at radius 3 is 2.34 bits per heavy atom. The number of carbonyl (C=O) groups is 3. The van der Waals surface area contributed by atoms with Crippen molar-refractivity contribution in [1.82, 2.24) is 20.4 Å². The monoisotopic (exact) mass is 480 g/mol. The summed E-state index contributed by atoms with van der Waals surface area (Å²) in [6.45, 7) is -0.381. The van der Waals surface area contributed by atoms with Crippen molar-refractivity contribution in [3.8, 4) is 28.5 Å². The van der Waals surface area contributed by atoms with Crippen LogP contribution in [-0.4, -0.2) is 67.5 Å². The molecule has 1 aliphatic rings. The fourth-order valence-corrected chi connectivity index (χ4v) is 3.71. The second-order valence-electron chi connectivity index (χ2n) is 7.58. The first-order valence-electron chi connectivity index (χ1n) is 10.6. The maximum atomic E-state index is 13.1. The number of methoxy groups -OCH3 is 3. The average molecular weight is 480 g/mol. The standard InChI is InChI=1S/C24H24N4O7/c1-32-19-9-15(10-20(33-2)22(19)34-3)16-11-17(27-26-16)23(30)25-18(14-7-5-4-6-8-14)12-28-21(29)13-35-24(28)31/h4-11,18H,12-13H2,1-3H3,(H,25,30)(H,26,27). The molecule has 0 radical (unpaired) electrons. The number of benzene rings is 2. The van der Waals surface area contributed by atoms with Crippen LogP contribution in [0.25, 0.3) is 11.3 Å². The van der Waals surface area contributed by atoms with E-state index in [0.717, 1.165) is 10.5 Å². The van der Waals surface area contributed by atoms with Gasteiger partial charge in [0.25, 0.3) is 11.8 Å². The minimum atomic E-state index is -0.739. The van der Waals surface area contributed by atoms with Crippen molar-refractivity contribution in [1.29, 1.82) is 0 Å². The van der Waals surface area contributed by atoms with E-state index in [1.165, 1.54) is 21.3 Å². The van der Waals surface area contributed by atoms with Gasteiger partial charge in [0.2, 0.25) is 5.75 Å². The summed E-state index contributed by atoms with van der Waals surface area (Å²) in [5.41, 5.74) is 2.02. The summed E-state index contributed by atoms with van der Waals surface area (Å²) in [5, 5.41) is 9.84. The van der Waals surface area contributed by atoms with Crippen molar-refractivity contribution in [3.05, 3.63) is 59.8 Å². The zero-order valence-corrected chi connectivity index (χ0v) is 19.4.